The standard InChI is InChI=1S/C32H41N7O/c1-6-39-28(8-7-15-34-27-10-12-30(36-21-27)32(2,3)23-33)19-25-18-24(9-11-29(25)39)20-35-26-13-16-38(17-14-26)31(40)22-37(4)5/h9-12,18-19,21,26,34-35H,6,13-17,20,22H2,1-5H3. The topological polar surface area (TPSA) is 89.2 Å². The number of hydrogen-bond acceptors (Lipinski definition) is 6. The lowest BCUT2D eigenvalue weighted by molar-refractivity contribution is -0.132. The number of nitrogens with zero attached hydrogens (tertiary/aromatic N) is 5. The van der Waals surface area contributed by atoms with Crippen LogP contribution in [0.25, 0.3) is 10.9 Å². The van der Waals surface area contributed by atoms with Gasteiger partial charge >= 0.3 is 0 Å². The summed E-state index contributed by atoms with van der Waals surface area (Å²) < 4.78 is 2.25. The summed E-state index contributed by atoms with van der Waals surface area (Å²) in [5.74, 6) is 6.79. The first kappa shape index (κ1) is 29.1. The molecule has 0 unspecified atom stereocenters. The minimum atomic E-state index is -0.604. The molecular formula is C32H41N7O. The molecule has 1 aliphatic heterocycles. The van der Waals surface area contributed by atoms with E-state index < -0.39 is 5.41 Å². The summed E-state index contributed by atoms with van der Waals surface area (Å²) in [6.45, 7) is 10.2. The number of benzene rings is 1. The van der Waals surface area contributed by atoms with Gasteiger partial charge in [0.2, 0.25) is 5.91 Å². The molecule has 3 heterocycles. The lowest BCUT2D eigenvalue weighted by Crippen LogP contribution is -2.47. The molecule has 40 heavy (non-hydrogen) atoms. The number of anilines is 1. The molecule has 3 aromatic rings. The molecule has 210 valence electrons. The number of rotatable bonds is 9. The van der Waals surface area contributed by atoms with E-state index in [-0.39, 0.29) is 5.91 Å². The fourth-order valence-electron chi connectivity index (χ4n) is 5.05. The predicted octanol–water partition coefficient (Wildman–Crippen LogP) is 3.96. The zero-order valence-electron chi connectivity index (χ0n) is 24.4. The van der Waals surface area contributed by atoms with E-state index in [1.54, 1.807) is 6.20 Å². The Labute approximate surface area is 238 Å². The molecule has 4 rings (SSSR count). The van der Waals surface area contributed by atoms with Crippen LogP contribution >= 0.6 is 0 Å². The van der Waals surface area contributed by atoms with Gasteiger partial charge in [-0.25, -0.2) is 0 Å². The van der Waals surface area contributed by atoms with Crippen LogP contribution in [0.1, 0.15) is 50.6 Å². The molecule has 0 radical (unpaired) electrons. The molecule has 1 aromatic carbocycles. The number of likely N-dealkylation sites (tertiary alicyclic amines) is 1. The molecular weight excluding hydrogens is 498 g/mol. The molecule has 1 aliphatic rings. The van der Waals surface area contributed by atoms with Gasteiger partial charge in [-0.05, 0) is 89.5 Å². The number of aryl methyl sites for hydroxylation is 1. The van der Waals surface area contributed by atoms with Crippen LogP contribution in [0.4, 0.5) is 5.69 Å². The van der Waals surface area contributed by atoms with Crippen LogP contribution in [0.15, 0.2) is 42.6 Å². The highest BCUT2D eigenvalue weighted by molar-refractivity contribution is 5.83. The zero-order chi connectivity index (χ0) is 28.7. The minimum Gasteiger partial charge on any atom is -0.373 e. The first-order valence-corrected chi connectivity index (χ1v) is 14.1. The number of amides is 1. The van der Waals surface area contributed by atoms with E-state index in [1.807, 2.05) is 49.9 Å². The van der Waals surface area contributed by atoms with E-state index in [2.05, 4.69) is 69.3 Å². The highest BCUT2D eigenvalue weighted by atomic mass is 16.2. The lowest BCUT2D eigenvalue weighted by atomic mass is 9.91. The van der Waals surface area contributed by atoms with Gasteiger partial charge in [0.25, 0.3) is 0 Å². The third-order valence-electron chi connectivity index (χ3n) is 7.46. The van der Waals surface area contributed by atoms with Crippen molar-refractivity contribution in [2.45, 2.75) is 58.2 Å². The maximum absolute atomic E-state index is 12.3. The Morgan fingerprint density at radius 1 is 1.18 bits per heavy atom. The molecule has 2 aromatic heterocycles. The molecule has 2 N–H and O–H groups in total. The highest BCUT2D eigenvalue weighted by Gasteiger charge is 2.23. The molecule has 0 spiro atoms. The summed E-state index contributed by atoms with van der Waals surface area (Å²) in [5.41, 5.74) is 4.48. The van der Waals surface area contributed by atoms with Crippen molar-refractivity contribution in [1.82, 2.24) is 24.7 Å². The number of piperidine rings is 1. The summed E-state index contributed by atoms with van der Waals surface area (Å²) in [5, 5.41) is 17.5. The second kappa shape index (κ2) is 13.0. The summed E-state index contributed by atoms with van der Waals surface area (Å²) in [7, 11) is 3.87. The largest absolute Gasteiger partial charge is 0.373 e. The van der Waals surface area contributed by atoms with E-state index in [0.29, 0.717) is 19.1 Å². The van der Waals surface area contributed by atoms with Crippen molar-refractivity contribution in [1.29, 1.82) is 5.26 Å². The van der Waals surface area contributed by atoms with Crippen molar-refractivity contribution in [3.8, 4) is 17.9 Å². The zero-order valence-corrected chi connectivity index (χ0v) is 24.4. The SMILES string of the molecule is CCn1c(C#CCNc2ccc(C(C)(C)C#N)nc2)cc2cc(CNC3CCN(C(=O)CN(C)C)CC3)ccc21. The fourth-order valence-corrected chi connectivity index (χ4v) is 5.05. The van der Waals surface area contributed by atoms with Gasteiger partial charge in [-0.1, -0.05) is 12.0 Å². The first-order valence-electron chi connectivity index (χ1n) is 14.1. The Morgan fingerprint density at radius 2 is 1.95 bits per heavy atom. The maximum Gasteiger partial charge on any atom is 0.236 e. The third kappa shape index (κ3) is 7.21. The maximum atomic E-state index is 12.3. The van der Waals surface area contributed by atoms with Crippen molar-refractivity contribution < 1.29 is 4.79 Å². The fraction of sp³-hybridized carbons (Fsp3) is 0.469. The van der Waals surface area contributed by atoms with Crippen molar-refractivity contribution >= 4 is 22.5 Å². The summed E-state index contributed by atoms with van der Waals surface area (Å²) in [4.78, 5) is 20.7. The van der Waals surface area contributed by atoms with Gasteiger partial charge < -0.3 is 25.0 Å². The van der Waals surface area contributed by atoms with Crippen LogP contribution in [0.5, 0.6) is 0 Å². The summed E-state index contributed by atoms with van der Waals surface area (Å²) >= 11 is 0. The average molecular weight is 540 g/mol. The van der Waals surface area contributed by atoms with Gasteiger partial charge in [0.15, 0.2) is 0 Å². The Bertz CT molecular complexity index is 1410. The molecule has 0 saturated carbocycles. The molecule has 0 atom stereocenters. The first-order chi connectivity index (χ1) is 19.2. The number of nitriles is 1. The van der Waals surface area contributed by atoms with Crippen molar-refractivity contribution in [2.24, 2.45) is 0 Å². The normalized spacial score (nSPS) is 14.2. The third-order valence-corrected chi connectivity index (χ3v) is 7.46. The summed E-state index contributed by atoms with van der Waals surface area (Å²) in [6, 6.07) is 15.3. The Morgan fingerprint density at radius 3 is 2.60 bits per heavy atom. The average Bonchev–Trinajstić information content (AvgIpc) is 3.31. The van der Waals surface area contributed by atoms with E-state index in [0.717, 1.165) is 56.1 Å². The molecule has 1 saturated heterocycles. The van der Waals surface area contributed by atoms with Gasteiger partial charge in [-0.15, -0.1) is 0 Å². The van der Waals surface area contributed by atoms with E-state index in [9.17, 15) is 10.1 Å². The van der Waals surface area contributed by atoms with Crippen molar-refractivity contribution in [2.75, 3.05) is 45.6 Å². The second-order valence-corrected chi connectivity index (χ2v) is 11.3. The van der Waals surface area contributed by atoms with Crippen molar-refractivity contribution in [3.05, 3.63) is 59.5 Å². The number of pyridine rings is 1. The number of aromatic nitrogens is 2. The number of fused-ring (bicyclic) bond motifs is 1. The number of nitrogens with one attached hydrogen (secondary N) is 2. The second-order valence-electron chi connectivity index (χ2n) is 11.3. The van der Waals surface area contributed by atoms with E-state index in [1.165, 1.54) is 16.5 Å². The van der Waals surface area contributed by atoms with Gasteiger partial charge in [0.05, 0.1) is 47.8 Å². The van der Waals surface area contributed by atoms with Crippen LogP contribution in [-0.4, -0.2) is 71.6 Å². The van der Waals surface area contributed by atoms with Crippen LogP contribution < -0.4 is 10.6 Å². The molecule has 0 bridgehead atoms. The van der Waals surface area contributed by atoms with Gasteiger partial charge in [-0.2, -0.15) is 5.26 Å². The smallest absolute Gasteiger partial charge is 0.236 e. The monoisotopic (exact) mass is 539 g/mol. The number of carbonyl (C=O) groups is 1. The predicted molar refractivity (Wildman–Crippen MR) is 161 cm³/mol. The van der Waals surface area contributed by atoms with Gasteiger partial charge in [0, 0.05) is 43.1 Å². The van der Waals surface area contributed by atoms with Crippen LogP contribution in [0, 0.1) is 23.2 Å². The molecule has 8 nitrogen and oxygen atoms in total. The van der Waals surface area contributed by atoms with Crippen LogP contribution in [0.2, 0.25) is 0 Å². The van der Waals surface area contributed by atoms with Crippen molar-refractivity contribution in [3.63, 3.8) is 0 Å². The Balaban J connectivity index is 1.33. The van der Waals surface area contributed by atoms with E-state index in [4.69, 9.17) is 0 Å². The summed E-state index contributed by atoms with van der Waals surface area (Å²) in [6.07, 6.45) is 3.72. The minimum absolute atomic E-state index is 0.218. The molecule has 0 aliphatic carbocycles. The molecule has 8 heteroatoms. The van der Waals surface area contributed by atoms with Crippen LogP contribution in [0.3, 0.4) is 0 Å². The number of hydrogen-bond donors (Lipinski definition) is 2. The molecule has 1 fully saturated rings. The highest BCUT2D eigenvalue weighted by Crippen LogP contribution is 2.23. The quantitative estimate of drug-likeness (QED) is 0.400. The molecule has 1 amide bonds. The lowest BCUT2D eigenvalue weighted by Gasteiger charge is -2.33. The van der Waals surface area contributed by atoms with E-state index >= 15 is 0 Å². The van der Waals surface area contributed by atoms with Gasteiger partial charge in [-0.3, -0.25) is 9.78 Å². The number of carbonyl (C=O) groups excluding carboxylic acids is 1. The van der Waals surface area contributed by atoms with Gasteiger partial charge in [0.1, 0.15) is 0 Å². The number of likely N-dealkylation sites (N-methyl/N-ethyl adjacent to an activating group) is 1. The Kier molecular flexibility index (Phi) is 9.47. The van der Waals surface area contributed by atoms with Crippen LogP contribution in [-0.2, 0) is 23.3 Å². The Hall–Kier alpha value is -3.85.